The molecule has 6 nitrogen and oxygen atoms in total. The van der Waals surface area contributed by atoms with Gasteiger partial charge in [-0.15, -0.1) is 0 Å². The Balaban J connectivity index is 1.30. The molecule has 0 unspecified atom stereocenters. The number of aromatic amines is 1. The van der Waals surface area contributed by atoms with Crippen LogP contribution in [0, 0.1) is 11.8 Å². The summed E-state index contributed by atoms with van der Waals surface area (Å²) in [4.78, 5) is 17.8. The number of carbonyl (C=O) groups excluding carboxylic acids is 1. The first-order valence-corrected chi connectivity index (χ1v) is 11.4. The largest absolute Gasteiger partial charge is 0.497 e. The third-order valence-electron chi connectivity index (χ3n) is 6.66. The second-order valence-electron chi connectivity index (χ2n) is 8.75. The average Bonchev–Trinajstić information content (AvgIpc) is 3.48. The molecule has 0 radical (unpaired) electrons. The summed E-state index contributed by atoms with van der Waals surface area (Å²) < 4.78 is 5.23. The number of nitrogens with zero attached hydrogens (tertiary/aromatic N) is 3. The van der Waals surface area contributed by atoms with Crippen molar-refractivity contribution in [2.24, 2.45) is 11.8 Å². The van der Waals surface area contributed by atoms with E-state index in [1.807, 2.05) is 29.2 Å². The van der Waals surface area contributed by atoms with E-state index in [0.29, 0.717) is 5.56 Å². The van der Waals surface area contributed by atoms with E-state index in [4.69, 9.17) is 4.74 Å². The number of piperidine rings is 1. The molecule has 2 fully saturated rings. The molecule has 1 saturated heterocycles. The van der Waals surface area contributed by atoms with Gasteiger partial charge in [-0.3, -0.25) is 9.89 Å². The zero-order valence-electron chi connectivity index (χ0n) is 18.3. The maximum absolute atomic E-state index is 13.2. The van der Waals surface area contributed by atoms with Gasteiger partial charge in [-0.25, -0.2) is 0 Å². The number of benzene rings is 1. The summed E-state index contributed by atoms with van der Waals surface area (Å²) in [5, 5.41) is 7.15. The Morgan fingerprint density at radius 1 is 1.17 bits per heavy atom. The van der Waals surface area contributed by atoms with Gasteiger partial charge in [-0.05, 0) is 81.3 Å². The van der Waals surface area contributed by atoms with Crippen molar-refractivity contribution >= 4 is 5.91 Å². The number of carbonyl (C=O) groups is 1. The molecule has 0 bridgehead atoms. The number of methoxy groups -OCH3 is 1. The molecule has 2 heterocycles. The molecule has 30 heavy (non-hydrogen) atoms. The molecule has 2 aromatic rings. The number of H-pyrrole nitrogens is 1. The van der Waals surface area contributed by atoms with Crippen molar-refractivity contribution in [1.29, 1.82) is 0 Å². The predicted molar refractivity (Wildman–Crippen MR) is 119 cm³/mol. The zero-order chi connectivity index (χ0) is 20.9. The monoisotopic (exact) mass is 410 g/mol. The Labute approximate surface area is 179 Å². The van der Waals surface area contributed by atoms with Crippen LogP contribution in [0.15, 0.2) is 30.5 Å². The van der Waals surface area contributed by atoms with Crippen molar-refractivity contribution < 1.29 is 9.53 Å². The van der Waals surface area contributed by atoms with Crippen molar-refractivity contribution in [3.8, 4) is 17.0 Å². The summed E-state index contributed by atoms with van der Waals surface area (Å²) in [5.74, 6) is 2.57. The number of rotatable bonds is 9. The maximum atomic E-state index is 13.2. The van der Waals surface area contributed by atoms with Crippen LogP contribution in [-0.2, 0) is 0 Å². The standard InChI is InChI=1S/C24H34N4O2/c1-3-27(17-19-4-5-19)13-10-18-11-14-28(15-12-18)24(29)22-16-25-26-23(22)20-6-8-21(30-2)9-7-20/h6-9,16,18-19H,3-5,10-15,17H2,1-2H3,(H,25,26). The van der Waals surface area contributed by atoms with Gasteiger partial charge < -0.3 is 14.5 Å². The number of nitrogens with one attached hydrogen (secondary N) is 1. The van der Waals surface area contributed by atoms with E-state index in [0.717, 1.165) is 61.3 Å². The molecule has 1 aromatic heterocycles. The van der Waals surface area contributed by atoms with Crippen LogP contribution in [-0.4, -0.2) is 65.7 Å². The number of likely N-dealkylation sites (tertiary alicyclic amines) is 1. The Bertz CT molecular complexity index is 820. The fourth-order valence-corrected chi connectivity index (χ4v) is 4.43. The Morgan fingerprint density at radius 3 is 2.53 bits per heavy atom. The highest BCUT2D eigenvalue weighted by Crippen LogP contribution is 2.30. The lowest BCUT2D eigenvalue weighted by molar-refractivity contribution is 0.0681. The maximum Gasteiger partial charge on any atom is 0.257 e. The van der Waals surface area contributed by atoms with E-state index >= 15 is 0 Å². The van der Waals surface area contributed by atoms with E-state index in [9.17, 15) is 4.79 Å². The van der Waals surface area contributed by atoms with Gasteiger partial charge in [0.25, 0.3) is 5.91 Å². The fraction of sp³-hybridized carbons (Fsp3) is 0.583. The molecular formula is C24H34N4O2. The molecule has 2 aliphatic rings. The minimum Gasteiger partial charge on any atom is -0.497 e. The molecule has 0 atom stereocenters. The highest BCUT2D eigenvalue weighted by Gasteiger charge is 2.27. The minimum atomic E-state index is 0.0805. The highest BCUT2D eigenvalue weighted by molar-refractivity contribution is 5.99. The van der Waals surface area contributed by atoms with Gasteiger partial charge >= 0.3 is 0 Å². The third-order valence-corrected chi connectivity index (χ3v) is 6.66. The molecule has 6 heteroatoms. The van der Waals surface area contributed by atoms with E-state index in [1.165, 1.54) is 32.4 Å². The lowest BCUT2D eigenvalue weighted by Gasteiger charge is -2.33. The predicted octanol–water partition coefficient (Wildman–Crippen LogP) is 4.06. The van der Waals surface area contributed by atoms with Gasteiger partial charge in [0.2, 0.25) is 0 Å². The summed E-state index contributed by atoms with van der Waals surface area (Å²) in [7, 11) is 1.65. The first-order valence-electron chi connectivity index (χ1n) is 11.4. The van der Waals surface area contributed by atoms with Gasteiger partial charge in [0.15, 0.2) is 0 Å². The molecule has 1 N–H and O–H groups in total. The second kappa shape index (κ2) is 9.65. The van der Waals surface area contributed by atoms with Gasteiger partial charge in [0, 0.05) is 25.2 Å². The van der Waals surface area contributed by atoms with Crippen LogP contribution in [0.5, 0.6) is 5.75 Å². The Kier molecular flexibility index (Phi) is 6.72. The summed E-state index contributed by atoms with van der Waals surface area (Å²) in [5.41, 5.74) is 2.38. The van der Waals surface area contributed by atoms with Crippen LogP contribution in [0.25, 0.3) is 11.3 Å². The van der Waals surface area contributed by atoms with Crippen LogP contribution in [0.1, 0.15) is 49.4 Å². The summed E-state index contributed by atoms with van der Waals surface area (Å²) >= 11 is 0. The van der Waals surface area contributed by atoms with Crippen LogP contribution in [0.3, 0.4) is 0 Å². The normalized spacial score (nSPS) is 17.5. The van der Waals surface area contributed by atoms with Crippen molar-refractivity contribution in [3.05, 3.63) is 36.0 Å². The van der Waals surface area contributed by atoms with Gasteiger partial charge in [0.1, 0.15) is 5.75 Å². The first kappa shape index (κ1) is 20.9. The third kappa shape index (κ3) is 5.04. The smallest absolute Gasteiger partial charge is 0.257 e. The lowest BCUT2D eigenvalue weighted by atomic mass is 9.92. The van der Waals surface area contributed by atoms with Crippen molar-refractivity contribution in [2.75, 3.05) is 39.8 Å². The second-order valence-corrected chi connectivity index (χ2v) is 8.75. The SMILES string of the molecule is CCN(CCC1CCN(C(=O)c2cn[nH]c2-c2ccc(OC)cc2)CC1)CC1CC1. The number of ether oxygens (including phenoxy) is 1. The average molecular weight is 411 g/mol. The Morgan fingerprint density at radius 2 is 1.90 bits per heavy atom. The van der Waals surface area contributed by atoms with E-state index < -0.39 is 0 Å². The highest BCUT2D eigenvalue weighted by atomic mass is 16.5. The molecule has 1 saturated carbocycles. The van der Waals surface area contributed by atoms with Crippen LogP contribution < -0.4 is 4.74 Å². The van der Waals surface area contributed by atoms with Crippen molar-refractivity contribution in [3.63, 3.8) is 0 Å². The molecule has 162 valence electrons. The topological polar surface area (TPSA) is 61.5 Å². The minimum absolute atomic E-state index is 0.0805. The molecule has 1 aromatic carbocycles. The summed E-state index contributed by atoms with van der Waals surface area (Å²) in [6.07, 6.45) is 7.95. The van der Waals surface area contributed by atoms with E-state index in [2.05, 4.69) is 22.0 Å². The molecule has 1 aliphatic carbocycles. The van der Waals surface area contributed by atoms with Crippen LogP contribution >= 0.6 is 0 Å². The Hall–Kier alpha value is -2.34. The quantitative estimate of drug-likeness (QED) is 0.677. The number of hydrogen-bond acceptors (Lipinski definition) is 4. The van der Waals surface area contributed by atoms with E-state index in [-0.39, 0.29) is 5.91 Å². The lowest BCUT2D eigenvalue weighted by Crippen LogP contribution is -2.39. The number of amides is 1. The van der Waals surface area contributed by atoms with Crippen molar-refractivity contribution in [1.82, 2.24) is 20.0 Å². The van der Waals surface area contributed by atoms with Gasteiger partial charge in [0.05, 0.1) is 24.6 Å². The molecular weight excluding hydrogens is 376 g/mol. The number of aromatic nitrogens is 2. The fourth-order valence-electron chi connectivity index (χ4n) is 4.43. The molecule has 4 rings (SSSR count). The van der Waals surface area contributed by atoms with Crippen molar-refractivity contribution in [2.45, 2.75) is 39.0 Å². The summed E-state index contributed by atoms with van der Waals surface area (Å²) in [6.45, 7) is 7.59. The van der Waals surface area contributed by atoms with Crippen LogP contribution in [0.4, 0.5) is 0 Å². The van der Waals surface area contributed by atoms with Gasteiger partial charge in [-0.2, -0.15) is 5.10 Å². The molecule has 1 amide bonds. The zero-order valence-corrected chi connectivity index (χ0v) is 18.3. The first-order chi connectivity index (χ1) is 14.7. The van der Waals surface area contributed by atoms with Crippen LogP contribution in [0.2, 0.25) is 0 Å². The molecule has 0 spiro atoms. The number of hydrogen-bond donors (Lipinski definition) is 1. The summed E-state index contributed by atoms with van der Waals surface area (Å²) in [6, 6.07) is 7.71. The molecule has 1 aliphatic heterocycles. The van der Waals surface area contributed by atoms with Gasteiger partial charge in [-0.1, -0.05) is 6.92 Å². The van der Waals surface area contributed by atoms with E-state index in [1.54, 1.807) is 13.3 Å².